The van der Waals surface area contributed by atoms with E-state index in [1.165, 1.54) is 19.4 Å². The minimum atomic E-state index is -4.97. The van der Waals surface area contributed by atoms with Crippen LogP contribution in [-0.4, -0.2) is 43.5 Å². The molecule has 1 unspecified atom stereocenters. The zero-order valence-corrected chi connectivity index (χ0v) is 24.0. The molecule has 1 aliphatic carbocycles. The molecular weight excluding hydrogens is 598 g/mol. The molecule has 0 spiro atoms. The van der Waals surface area contributed by atoms with Crippen molar-refractivity contribution < 1.29 is 35.5 Å². The van der Waals surface area contributed by atoms with Crippen LogP contribution in [0.5, 0.6) is 11.8 Å². The van der Waals surface area contributed by atoms with Crippen molar-refractivity contribution in [1.82, 2.24) is 9.97 Å². The van der Waals surface area contributed by atoms with Crippen molar-refractivity contribution in [2.75, 3.05) is 17.6 Å². The summed E-state index contributed by atoms with van der Waals surface area (Å²) in [6.45, 7) is 0. The lowest BCUT2D eigenvalue weighted by atomic mass is 9.95. The largest absolute Gasteiger partial charge is 0.480 e. The molecule has 0 saturated carbocycles. The van der Waals surface area contributed by atoms with E-state index in [2.05, 4.69) is 52.4 Å². The number of anilines is 1. The van der Waals surface area contributed by atoms with Gasteiger partial charge >= 0.3 is 6.18 Å². The van der Waals surface area contributed by atoms with E-state index in [1.54, 1.807) is 0 Å². The number of methoxy groups -OCH3 is 1. The monoisotopic (exact) mass is 623 g/mol. The van der Waals surface area contributed by atoms with E-state index in [9.17, 15) is 26.0 Å². The summed E-state index contributed by atoms with van der Waals surface area (Å²) in [4.78, 5) is 8.24. The highest BCUT2D eigenvalue weighted by Crippen LogP contribution is 2.36. The van der Waals surface area contributed by atoms with Gasteiger partial charge in [-0.3, -0.25) is 4.72 Å². The third kappa shape index (κ3) is 6.30. The van der Waals surface area contributed by atoms with Crippen LogP contribution in [0.4, 0.5) is 23.2 Å². The number of benzene rings is 3. The highest BCUT2D eigenvalue weighted by atomic mass is 32.2. The maximum Gasteiger partial charge on any atom is 0.404 e. The first kappa shape index (κ1) is 29.4. The third-order valence-electron chi connectivity index (χ3n) is 7.26. The number of aromatic nitrogens is 2. The Balaban J connectivity index is 1.24. The highest BCUT2D eigenvalue weighted by molar-refractivity contribution is 7.92. The van der Waals surface area contributed by atoms with Gasteiger partial charge in [-0.05, 0) is 51.2 Å². The predicted octanol–water partition coefficient (Wildman–Crippen LogP) is 6.96. The van der Waals surface area contributed by atoms with Crippen LogP contribution in [0.1, 0.15) is 11.1 Å². The molecule has 5 aromatic rings. The maximum atomic E-state index is 14.9. The van der Waals surface area contributed by atoms with Gasteiger partial charge in [0.05, 0.1) is 7.11 Å². The Hall–Kier alpha value is -4.71. The highest BCUT2D eigenvalue weighted by Gasteiger charge is 2.36. The van der Waals surface area contributed by atoms with Crippen molar-refractivity contribution in [1.29, 1.82) is 0 Å². The molecule has 3 aromatic carbocycles. The summed E-state index contributed by atoms with van der Waals surface area (Å²) in [5.41, 5.74) is 3.89. The molecule has 2 heterocycles. The molecule has 1 aliphatic rings. The van der Waals surface area contributed by atoms with Crippen LogP contribution in [0.25, 0.3) is 33.2 Å². The van der Waals surface area contributed by atoms with E-state index in [0.29, 0.717) is 12.8 Å². The molecular formula is C32H25F4N3O4S. The van der Waals surface area contributed by atoms with Gasteiger partial charge in [-0.1, -0.05) is 54.6 Å². The molecule has 0 bridgehead atoms. The predicted molar refractivity (Wildman–Crippen MR) is 159 cm³/mol. The number of hydrogen-bond donors (Lipinski definition) is 1. The average molecular weight is 624 g/mol. The minimum Gasteiger partial charge on any atom is -0.480 e. The average Bonchev–Trinajstić information content (AvgIpc) is 3.39. The van der Waals surface area contributed by atoms with Crippen molar-refractivity contribution in [3.63, 3.8) is 0 Å². The van der Waals surface area contributed by atoms with Gasteiger partial charge in [0, 0.05) is 30.7 Å². The van der Waals surface area contributed by atoms with Crippen LogP contribution in [0.3, 0.4) is 0 Å². The minimum absolute atomic E-state index is 0.00626. The number of sulfonamides is 1. The number of nitrogens with one attached hydrogen (secondary N) is 1. The molecule has 226 valence electrons. The number of halogens is 4. The van der Waals surface area contributed by atoms with Gasteiger partial charge in [0.15, 0.2) is 5.75 Å². The molecule has 44 heavy (non-hydrogen) atoms. The summed E-state index contributed by atoms with van der Waals surface area (Å²) in [6.07, 6.45) is -2.87. The number of ether oxygens (including phenoxy) is 2. The van der Waals surface area contributed by atoms with Gasteiger partial charge in [0.25, 0.3) is 0 Å². The first-order chi connectivity index (χ1) is 21.0. The van der Waals surface area contributed by atoms with Crippen LogP contribution < -0.4 is 14.2 Å². The summed E-state index contributed by atoms with van der Waals surface area (Å²) in [6, 6.07) is 24.3. The number of fused-ring (bicyclic) bond motifs is 2. The zero-order chi connectivity index (χ0) is 31.1. The summed E-state index contributed by atoms with van der Waals surface area (Å²) < 4.78 is 90.4. The van der Waals surface area contributed by atoms with E-state index in [1.807, 2.05) is 22.9 Å². The molecule has 0 aliphatic heterocycles. The molecule has 2 aromatic heterocycles. The Morgan fingerprint density at radius 2 is 1.73 bits per heavy atom. The smallest absolute Gasteiger partial charge is 0.404 e. The topological polar surface area (TPSA) is 90.4 Å². The Morgan fingerprint density at radius 1 is 0.932 bits per heavy atom. The van der Waals surface area contributed by atoms with E-state index < -0.39 is 33.5 Å². The van der Waals surface area contributed by atoms with E-state index in [0.717, 1.165) is 45.2 Å². The second-order valence-corrected chi connectivity index (χ2v) is 12.1. The standard InChI is InChI=1S/C32H25F4N3O4S/c1-42-31-28(39-44(40,41)18-32(34,35)36)15-23(17-37-31)30-27(33)11-12-29(38-30)43-24-14-21-7-4-8-25(26(21)16-24)22-10-9-19-5-2-3-6-20(19)13-22/h2-13,15,17,24,39H,14,16,18H2,1H3. The molecule has 0 amide bonds. The molecule has 0 fully saturated rings. The normalized spacial score (nSPS) is 14.8. The molecule has 0 radical (unpaired) electrons. The molecule has 7 nitrogen and oxygen atoms in total. The fraction of sp³-hybridized carbons (Fsp3) is 0.188. The summed E-state index contributed by atoms with van der Waals surface area (Å²) in [7, 11) is -3.68. The zero-order valence-electron chi connectivity index (χ0n) is 23.2. The van der Waals surface area contributed by atoms with Crippen LogP contribution in [0.15, 0.2) is 85.1 Å². The van der Waals surface area contributed by atoms with Crippen molar-refractivity contribution in [2.24, 2.45) is 0 Å². The van der Waals surface area contributed by atoms with E-state index in [4.69, 9.17) is 9.47 Å². The Labute approximate surface area is 250 Å². The second kappa shape index (κ2) is 11.4. The Morgan fingerprint density at radius 3 is 2.50 bits per heavy atom. The lowest BCUT2D eigenvalue weighted by Crippen LogP contribution is -2.28. The van der Waals surface area contributed by atoms with Crippen LogP contribution in [-0.2, 0) is 22.9 Å². The fourth-order valence-electron chi connectivity index (χ4n) is 5.42. The van der Waals surface area contributed by atoms with Gasteiger partial charge in [-0.15, -0.1) is 0 Å². The lowest BCUT2D eigenvalue weighted by Gasteiger charge is -2.15. The Bertz CT molecular complexity index is 1980. The Kier molecular flexibility index (Phi) is 7.62. The van der Waals surface area contributed by atoms with Gasteiger partial charge in [0.1, 0.15) is 23.3 Å². The van der Waals surface area contributed by atoms with Crippen LogP contribution in [0.2, 0.25) is 0 Å². The maximum absolute atomic E-state index is 14.9. The van der Waals surface area contributed by atoms with Gasteiger partial charge in [-0.25, -0.2) is 22.8 Å². The number of alkyl halides is 3. The molecule has 12 heteroatoms. The van der Waals surface area contributed by atoms with Gasteiger partial charge in [-0.2, -0.15) is 13.2 Å². The van der Waals surface area contributed by atoms with Crippen molar-refractivity contribution >= 4 is 26.5 Å². The van der Waals surface area contributed by atoms with Gasteiger partial charge < -0.3 is 9.47 Å². The SMILES string of the molecule is COc1ncc(-c2nc(OC3Cc4cccc(-c5ccc6ccccc6c5)c4C3)ccc2F)cc1NS(=O)(=O)CC(F)(F)F. The first-order valence-electron chi connectivity index (χ1n) is 13.5. The third-order valence-corrected chi connectivity index (χ3v) is 8.50. The van der Waals surface area contributed by atoms with Crippen molar-refractivity contribution in [3.05, 3.63) is 102 Å². The van der Waals surface area contributed by atoms with Crippen molar-refractivity contribution in [2.45, 2.75) is 25.1 Å². The van der Waals surface area contributed by atoms with Crippen LogP contribution in [0, 0.1) is 5.82 Å². The van der Waals surface area contributed by atoms with E-state index >= 15 is 0 Å². The summed E-state index contributed by atoms with van der Waals surface area (Å²) in [5.74, 6) is -3.04. The second-order valence-electron chi connectivity index (χ2n) is 10.4. The molecule has 1 N–H and O–H groups in total. The molecule has 1 atom stereocenters. The first-order valence-corrected chi connectivity index (χ1v) is 15.2. The van der Waals surface area contributed by atoms with Gasteiger partial charge in [0.2, 0.25) is 21.8 Å². The summed E-state index contributed by atoms with van der Waals surface area (Å²) >= 11 is 0. The number of hydrogen-bond acceptors (Lipinski definition) is 6. The quantitative estimate of drug-likeness (QED) is 0.188. The summed E-state index contributed by atoms with van der Waals surface area (Å²) in [5, 5.41) is 2.29. The number of nitrogens with zero attached hydrogens (tertiary/aromatic N) is 2. The van der Waals surface area contributed by atoms with Crippen molar-refractivity contribution in [3.8, 4) is 34.1 Å². The molecule has 0 saturated heterocycles. The lowest BCUT2D eigenvalue weighted by molar-refractivity contribution is -0.106. The van der Waals surface area contributed by atoms with Crippen LogP contribution >= 0.6 is 0 Å². The van der Waals surface area contributed by atoms with E-state index in [-0.39, 0.29) is 29.1 Å². The number of pyridine rings is 2. The fourth-order valence-corrected chi connectivity index (χ4v) is 6.41. The molecule has 6 rings (SSSR count). The number of rotatable bonds is 8.